The highest BCUT2D eigenvalue weighted by molar-refractivity contribution is 5.93. The number of carboxylic acids is 1. The van der Waals surface area contributed by atoms with Crippen LogP contribution in [0.15, 0.2) is 54.6 Å². The SMILES string of the molecule is Cc1c(C(=O)NCC2Cc3ccccc3CN2)nnn1Cc1ccccc1.O=C(O)C(F)(F)F. The molecule has 11 heteroatoms. The van der Waals surface area contributed by atoms with Gasteiger partial charge in [0.2, 0.25) is 0 Å². The third-order valence-electron chi connectivity index (χ3n) is 5.29. The van der Waals surface area contributed by atoms with Gasteiger partial charge in [0.15, 0.2) is 5.69 Å². The summed E-state index contributed by atoms with van der Waals surface area (Å²) in [7, 11) is 0. The maximum atomic E-state index is 12.6. The number of aromatic nitrogens is 3. The van der Waals surface area contributed by atoms with Gasteiger partial charge >= 0.3 is 12.1 Å². The minimum atomic E-state index is -5.08. The Bertz CT molecular complexity index is 1130. The molecule has 34 heavy (non-hydrogen) atoms. The Balaban J connectivity index is 0.000000406. The van der Waals surface area contributed by atoms with Crippen molar-refractivity contribution in [2.75, 3.05) is 6.54 Å². The first-order chi connectivity index (χ1) is 16.1. The van der Waals surface area contributed by atoms with Crippen molar-refractivity contribution in [1.82, 2.24) is 25.6 Å². The molecule has 4 rings (SSSR count). The van der Waals surface area contributed by atoms with Crippen LogP contribution in [0.3, 0.4) is 0 Å². The largest absolute Gasteiger partial charge is 0.490 e. The molecule has 0 fully saturated rings. The smallest absolute Gasteiger partial charge is 0.475 e. The number of nitrogens with one attached hydrogen (secondary N) is 2. The number of fused-ring (bicyclic) bond motifs is 1. The maximum Gasteiger partial charge on any atom is 0.490 e. The summed E-state index contributed by atoms with van der Waals surface area (Å²) in [4.78, 5) is 21.5. The number of amides is 1. The number of hydrogen-bond donors (Lipinski definition) is 3. The van der Waals surface area contributed by atoms with Crippen LogP contribution in [-0.2, 0) is 24.3 Å². The first kappa shape index (κ1) is 24.9. The second kappa shape index (κ2) is 10.9. The van der Waals surface area contributed by atoms with Gasteiger partial charge in [0, 0.05) is 19.1 Å². The summed E-state index contributed by atoms with van der Waals surface area (Å²) in [5.41, 5.74) is 4.98. The Morgan fingerprint density at radius 3 is 2.38 bits per heavy atom. The van der Waals surface area contributed by atoms with Crippen LogP contribution in [0.5, 0.6) is 0 Å². The predicted molar refractivity (Wildman–Crippen MR) is 117 cm³/mol. The maximum absolute atomic E-state index is 12.6. The lowest BCUT2D eigenvalue weighted by atomic mass is 9.96. The van der Waals surface area contributed by atoms with Gasteiger partial charge in [-0.05, 0) is 30.0 Å². The Kier molecular flexibility index (Phi) is 8.00. The minimum Gasteiger partial charge on any atom is -0.475 e. The fourth-order valence-electron chi connectivity index (χ4n) is 3.44. The van der Waals surface area contributed by atoms with E-state index in [0.29, 0.717) is 18.8 Å². The van der Waals surface area contributed by atoms with E-state index in [1.807, 2.05) is 37.3 Å². The number of halogens is 3. The molecule has 3 N–H and O–H groups in total. The molecule has 2 aromatic carbocycles. The van der Waals surface area contributed by atoms with Crippen molar-refractivity contribution >= 4 is 11.9 Å². The van der Waals surface area contributed by atoms with Gasteiger partial charge in [-0.3, -0.25) is 4.79 Å². The summed E-state index contributed by atoms with van der Waals surface area (Å²) in [5.74, 6) is -2.93. The van der Waals surface area contributed by atoms with Gasteiger partial charge in [0.25, 0.3) is 5.91 Å². The van der Waals surface area contributed by atoms with Crippen LogP contribution < -0.4 is 10.6 Å². The summed E-state index contributed by atoms with van der Waals surface area (Å²) < 4.78 is 33.5. The summed E-state index contributed by atoms with van der Waals surface area (Å²) in [6.45, 7) is 3.89. The molecule has 0 spiro atoms. The van der Waals surface area contributed by atoms with E-state index in [9.17, 15) is 18.0 Å². The average Bonchev–Trinajstić information content (AvgIpc) is 3.18. The number of carboxylic acid groups (broad SMARTS) is 1. The molecule has 3 aromatic rings. The number of aliphatic carboxylic acids is 1. The quantitative estimate of drug-likeness (QED) is 0.524. The highest BCUT2D eigenvalue weighted by Crippen LogP contribution is 2.16. The number of hydrogen-bond acceptors (Lipinski definition) is 5. The number of alkyl halides is 3. The van der Waals surface area contributed by atoms with Crippen molar-refractivity contribution in [2.24, 2.45) is 0 Å². The molecule has 0 bridgehead atoms. The van der Waals surface area contributed by atoms with Crippen LogP contribution in [0.1, 0.15) is 32.9 Å². The molecule has 1 amide bonds. The van der Waals surface area contributed by atoms with Gasteiger partial charge in [-0.1, -0.05) is 59.8 Å². The van der Waals surface area contributed by atoms with Gasteiger partial charge < -0.3 is 15.7 Å². The Morgan fingerprint density at radius 1 is 1.12 bits per heavy atom. The third-order valence-corrected chi connectivity index (χ3v) is 5.29. The number of carbonyl (C=O) groups excluding carboxylic acids is 1. The van der Waals surface area contributed by atoms with Gasteiger partial charge in [0.05, 0.1) is 12.2 Å². The van der Waals surface area contributed by atoms with E-state index < -0.39 is 12.1 Å². The second-order valence-corrected chi connectivity index (χ2v) is 7.73. The molecular weight excluding hydrogens is 451 g/mol. The van der Waals surface area contributed by atoms with Crippen LogP contribution in [0, 0.1) is 6.92 Å². The van der Waals surface area contributed by atoms with E-state index in [-0.39, 0.29) is 11.9 Å². The predicted octanol–water partition coefficient (Wildman–Crippen LogP) is 2.71. The molecule has 180 valence electrons. The number of benzene rings is 2. The van der Waals surface area contributed by atoms with Gasteiger partial charge in [0.1, 0.15) is 0 Å². The van der Waals surface area contributed by atoms with Crippen molar-refractivity contribution in [3.05, 3.63) is 82.7 Å². The number of nitrogens with zero attached hydrogens (tertiary/aromatic N) is 3. The van der Waals surface area contributed by atoms with Gasteiger partial charge in [-0.15, -0.1) is 5.10 Å². The average molecular weight is 475 g/mol. The van der Waals surface area contributed by atoms with Crippen molar-refractivity contribution in [1.29, 1.82) is 0 Å². The van der Waals surface area contributed by atoms with Crippen molar-refractivity contribution < 1.29 is 27.9 Å². The molecule has 0 saturated carbocycles. The summed E-state index contributed by atoms with van der Waals surface area (Å²) in [6, 6.07) is 18.7. The lowest BCUT2D eigenvalue weighted by Gasteiger charge is -2.26. The molecule has 1 aromatic heterocycles. The van der Waals surface area contributed by atoms with Gasteiger partial charge in [-0.25, -0.2) is 9.48 Å². The molecule has 0 aliphatic carbocycles. The lowest BCUT2D eigenvalue weighted by Crippen LogP contribution is -2.44. The summed E-state index contributed by atoms with van der Waals surface area (Å²) in [6.07, 6.45) is -4.17. The van der Waals surface area contributed by atoms with Crippen LogP contribution >= 0.6 is 0 Å². The first-order valence-electron chi connectivity index (χ1n) is 10.5. The van der Waals surface area contributed by atoms with E-state index in [4.69, 9.17) is 9.90 Å². The molecule has 1 aliphatic heterocycles. The highest BCUT2D eigenvalue weighted by atomic mass is 19.4. The molecule has 8 nitrogen and oxygen atoms in total. The molecule has 0 saturated heterocycles. The molecule has 1 atom stereocenters. The number of rotatable bonds is 5. The van der Waals surface area contributed by atoms with Crippen LogP contribution in [0.4, 0.5) is 13.2 Å². The van der Waals surface area contributed by atoms with E-state index in [0.717, 1.165) is 24.2 Å². The van der Waals surface area contributed by atoms with Crippen molar-refractivity contribution in [3.63, 3.8) is 0 Å². The van der Waals surface area contributed by atoms with E-state index >= 15 is 0 Å². The molecular formula is C23H24F3N5O3. The van der Waals surface area contributed by atoms with Crippen molar-refractivity contribution in [2.45, 2.75) is 38.7 Å². The zero-order chi connectivity index (χ0) is 24.7. The topological polar surface area (TPSA) is 109 Å². The zero-order valence-corrected chi connectivity index (χ0v) is 18.3. The van der Waals surface area contributed by atoms with Gasteiger partial charge in [-0.2, -0.15) is 13.2 Å². The first-order valence-corrected chi connectivity index (χ1v) is 10.5. The Morgan fingerprint density at radius 2 is 1.74 bits per heavy atom. The highest BCUT2D eigenvalue weighted by Gasteiger charge is 2.38. The molecule has 2 heterocycles. The third kappa shape index (κ3) is 6.64. The number of carbonyl (C=O) groups is 2. The van der Waals surface area contributed by atoms with E-state index in [2.05, 4.69) is 45.2 Å². The van der Waals surface area contributed by atoms with E-state index in [1.165, 1.54) is 11.1 Å². The monoisotopic (exact) mass is 475 g/mol. The molecule has 0 radical (unpaired) electrons. The Hall–Kier alpha value is -3.73. The van der Waals surface area contributed by atoms with Crippen LogP contribution in [0.2, 0.25) is 0 Å². The van der Waals surface area contributed by atoms with Crippen LogP contribution in [0.25, 0.3) is 0 Å². The minimum absolute atomic E-state index is 0.174. The lowest BCUT2D eigenvalue weighted by molar-refractivity contribution is -0.192. The molecule has 1 aliphatic rings. The zero-order valence-electron chi connectivity index (χ0n) is 18.3. The van der Waals surface area contributed by atoms with Crippen LogP contribution in [-0.4, -0.2) is 50.7 Å². The van der Waals surface area contributed by atoms with E-state index in [1.54, 1.807) is 4.68 Å². The normalized spacial score (nSPS) is 15.0. The standard InChI is InChI=1S/C21H23N5O.C2HF3O2/c1-15-20(24-25-26(15)14-16-7-3-2-4-8-16)21(27)23-13-19-11-17-9-5-6-10-18(17)12-22-19;3-2(4,5)1(6)7/h2-10,19,22H,11-14H2,1H3,(H,23,27);(H,6,7). The fraction of sp³-hybridized carbons (Fsp3) is 0.304. The Labute approximate surface area is 193 Å². The molecule has 1 unspecified atom stereocenters. The summed E-state index contributed by atoms with van der Waals surface area (Å²) >= 11 is 0. The summed E-state index contributed by atoms with van der Waals surface area (Å²) in [5, 5.41) is 21.8. The van der Waals surface area contributed by atoms with Crippen molar-refractivity contribution in [3.8, 4) is 0 Å². The fourth-order valence-corrected chi connectivity index (χ4v) is 3.44. The second-order valence-electron chi connectivity index (χ2n) is 7.73.